The van der Waals surface area contributed by atoms with Crippen molar-refractivity contribution in [2.45, 2.75) is 38.3 Å². The lowest BCUT2D eigenvalue weighted by molar-refractivity contribution is -0.127. The van der Waals surface area contributed by atoms with Gasteiger partial charge in [-0.05, 0) is 32.6 Å². The molecule has 3 N–H and O–H groups in total. The second-order valence-corrected chi connectivity index (χ2v) is 5.84. The number of nitrogens with zero attached hydrogens (tertiary/aromatic N) is 1. The number of nitrogens with one attached hydrogen (secondary N) is 1. The number of ether oxygens (including phenoxy) is 1. The summed E-state index contributed by atoms with van der Waals surface area (Å²) in [7, 11) is 0. The minimum absolute atomic E-state index is 0.00856. The van der Waals surface area contributed by atoms with Gasteiger partial charge in [0.25, 0.3) is 0 Å². The Kier molecular flexibility index (Phi) is 4.25. The molecular formula is C13H25N3O2. The van der Waals surface area contributed by atoms with E-state index in [-0.39, 0.29) is 11.9 Å². The van der Waals surface area contributed by atoms with Crippen LogP contribution in [0.4, 0.5) is 0 Å². The highest BCUT2D eigenvalue weighted by atomic mass is 16.5. The number of hydrogen-bond acceptors (Lipinski definition) is 4. The average molecular weight is 255 g/mol. The molecule has 2 fully saturated rings. The third kappa shape index (κ3) is 3.43. The largest absolute Gasteiger partial charge is 0.379 e. The number of amides is 1. The smallest absolute Gasteiger partial charge is 0.240 e. The molecule has 1 amide bonds. The van der Waals surface area contributed by atoms with Crippen molar-refractivity contribution in [1.82, 2.24) is 10.2 Å². The third-order valence-electron chi connectivity index (χ3n) is 3.93. The van der Waals surface area contributed by atoms with Crippen molar-refractivity contribution >= 4 is 5.91 Å². The lowest BCUT2D eigenvalue weighted by Gasteiger charge is -2.31. The van der Waals surface area contributed by atoms with E-state index in [1.165, 1.54) is 0 Å². The fraction of sp³-hybridized carbons (Fsp3) is 0.923. The minimum Gasteiger partial charge on any atom is -0.379 e. The van der Waals surface area contributed by atoms with Crippen LogP contribution in [0.2, 0.25) is 0 Å². The van der Waals surface area contributed by atoms with Crippen LogP contribution in [-0.4, -0.2) is 55.2 Å². The molecule has 0 aromatic rings. The highest BCUT2D eigenvalue weighted by Gasteiger charge is 2.44. The van der Waals surface area contributed by atoms with E-state index in [1.54, 1.807) is 0 Å². The molecule has 2 aliphatic rings. The van der Waals surface area contributed by atoms with Gasteiger partial charge in [-0.25, -0.2) is 0 Å². The van der Waals surface area contributed by atoms with Gasteiger partial charge in [0.05, 0.1) is 18.8 Å². The molecule has 0 aromatic heterocycles. The molecular weight excluding hydrogens is 230 g/mol. The normalized spacial score (nSPS) is 26.4. The third-order valence-corrected chi connectivity index (χ3v) is 3.93. The van der Waals surface area contributed by atoms with Gasteiger partial charge in [0, 0.05) is 25.7 Å². The number of morpholine rings is 1. The fourth-order valence-electron chi connectivity index (χ4n) is 2.46. The Balaban J connectivity index is 1.75. The van der Waals surface area contributed by atoms with Gasteiger partial charge in [0.1, 0.15) is 0 Å². The Morgan fingerprint density at radius 3 is 2.67 bits per heavy atom. The molecule has 5 nitrogen and oxygen atoms in total. The highest BCUT2D eigenvalue weighted by molar-refractivity contribution is 5.86. The fourth-order valence-corrected chi connectivity index (χ4v) is 2.46. The molecule has 2 rings (SSSR count). The minimum atomic E-state index is -0.695. The Labute approximate surface area is 109 Å². The van der Waals surface area contributed by atoms with Crippen LogP contribution in [0.15, 0.2) is 0 Å². The predicted octanol–water partition coefficient (Wildman–Crippen LogP) is -0.0493. The van der Waals surface area contributed by atoms with Gasteiger partial charge >= 0.3 is 0 Å². The van der Waals surface area contributed by atoms with Gasteiger partial charge < -0.3 is 15.8 Å². The van der Waals surface area contributed by atoms with Crippen LogP contribution in [0, 0.1) is 5.92 Å². The van der Waals surface area contributed by atoms with Crippen molar-refractivity contribution in [2.24, 2.45) is 11.7 Å². The van der Waals surface area contributed by atoms with E-state index in [4.69, 9.17) is 10.5 Å². The zero-order valence-corrected chi connectivity index (χ0v) is 11.4. The van der Waals surface area contributed by atoms with Gasteiger partial charge in [-0.2, -0.15) is 0 Å². The van der Waals surface area contributed by atoms with Crippen LogP contribution in [0.1, 0.15) is 26.7 Å². The maximum atomic E-state index is 12.1. The van der Waals surface area contributed by atoms with E-state index in [9.17, 15) is 4.79 Å². The molecule has 18 heavy (non-hydrogen) atoms. The van der Waals surface area contributed by atoms with Crippen LogP contribution in [0.25, 0.3) is 0 Å². The van der Waals surface area contributed by atoms with E-state index >= 15 is 0 Å². The molecule has 104 valence electrons. The van der Waals surface area contributed by atoms with Gasteiger partial charge in [0.15, 0.2) is 0 Å². The molecule has 0 aromatic carbocycles. The maximum absolute atomic E-state index is 12.1. The van der Waals surface area contributed by atoms with Gasteiger partial charge in [-0.3, -0.25) is 9.69 Å². The Hall–Kier alpha value is -0.650. The molecule has 1 aliphatic carbocycles. The number of rotatable bonds is 5. The summed E-state index contributed by atoms with van der Waals surface area (Å²) in [6, 6.07) is 0.136. The number of nitrogens with two attached hydrogens (primary N) is 1. The van der Waals surface area contributed by atoms with Crippen LogP contribution in [0.5, 0.6) is 0 Å². The summed E-state index contributed by atoms with van der Waals surface area (Å²) >= 11 is 0. The Morgan fingerprint density at radius 2 is 2.11 bits per heavy atom. The van der Waals surface area contributed by atoms with Gasteiger partial charge in [-0.15, -0.1) is 0 Å². The number of carbonyl (C=O) groups excluding carboxylic acids is 1. The highest BCUT2D eigenvalue weighted by Crippen LogP contribution is 2.38. The first kappa shape index (κ1) is 13.8. The van der Waals surface area contributed by atoms with E-state index < -0.39 is 5.54 Å². The van der Waals surface area contributed by atoms with E-state index in [2.05, 4.69) is 10.2 Å². The van der Waals surface area contributed by atoms with Crippen molar-refractivity contribution in [3.05, 3.63) is 0 Å². The Bertz CT molecular complexity index is 297. The van der Waals surface area contributed by atoms with Crippen LogP contribution in [0.3, 0.4) is 0 Å². The quantitative estimate of drug-likeness (QED) is 0.723. The summed E-state index contributed by atoms with van der Waals surface area (Å²) in [4.78, 5) is 14.4. The SMILES string of the molecule is CC(CN1CCOCC1)NC(=O)C(C)(N)C1CC1. The van der Waals surface area contributed by atoms with Crippen molar-refractivity contribution < 1.29 is 9.53 Å². The summed E-state index contributed by atoms with van der Waals surface area (Å²) in [5, 5.41) is 3.04. The molecule has 1 saturated carbocycles. The second kappa shape index (κ2) is 5.55. The first-order chi connectivity index (χ1) is 8.50. The lowest BCUT2D eigenvalue weighted by atomic mass is 9.96. The first-order valence-electron chi connectivity index (χ1n) is 6.90. The van der Waals surface area contributed by atoms with E-state index in [0.717, 1.165) is 45.7 Å². The molecule has 1 heterocycles. The number of hydrogen-bond donors (Lipinski definition) is 2. The lowest BCUT2D eigenvalue weighted by Crippen LogP contribution is -2.57. The summed E-state index contributed by atoms with van der Waals surface area (Å²) in [6.07, 6.45) is 2.16. The topological polar surface area (TPSA) is 67.6 Å². The van der Waals surface area contributed by atoms with Crippen molar-refractivity contribution in [3.8, 4) is 0 Å². The average Bonchev–Trinajstić information content (AvgIpc) is 3.14. The molecule has 0 spiro atoms. The van der Waals surface area contributed by atoms with Crippen LogP contribution < -0.4 is 11.1 Å². The molecule has 5 heteroatoms. The molecule has 1 saturated heterocycles. The van der Waals surface area contributed by atoms with Crippen molar-refractivity contribution in [3.63, 3.8) is 0 Å². The van der Waals surface area contributed by atoms with Gasteiger partial charge in [-0.1, -0.05) is 0 Å². The molecule has 1 aliphatic heterocycles. The Morgan fingerprint density at radius 1 is 1.50 bits per heavy atom. The zero-order valence-electron chi connectivity index (χ0n) is 11.4. The van der Waals surface area contributed by atoms with E-state index in [0.29, 0.717) is 5.92 Å². The second-order valence-electron chi connectivity index (χ2n) is 5.84. The summed E-state index contributed by atoms with van der Waals surface area (Å²) in [5.74, 6) is 0.360. The van der Waals surface area contributed by atoms with Crippen LogP contribution in [-0.2, 0) is 9.53 Å². The predicted molar refractivity (Wildman–Crippen MR) is 70.2 cm³/mol. The molecule has 2 unspecified atom stereocenters. The monoisotopic (exact) mass is 255 g/mol. The summed E-state index contributed by atoms with van der Waals surface area (Å²) in [6.45, 7) is 8.23. The standard InChI is InChI=1S/C13H25N3O2/c1-10(9-16-5-7-18-8-6-16)15-12(17)13(2,14)11-3-4-11/h10-11H,3-9,14H2,1-2H3,(H,15,17). The van der Waals surface area contributed by atoms with Crippen molar-refractivity contribution in [1.29, 1.82) is 0 Å². The van der Waals surface area contributed by atoms with Gasteiger partial charge in [0.2, 0.25) is 5.91 Å². The van der Waals surface area contributed by atoms with Crippen LogP contribution >= 0.6 is 0 Å². The summed E-state index contributed by atoms with van der Waals surface area (Å²) in [5.41, 5.74) is 5.41. The molecule has 0 bridgehead atoms. The zero-order chi connectivity index (χ0) is 13.2. The molecule has 2 atom stereocenters. The first-order valence-corrected chi connectivity index (χ1v) is 6.90. The summed E-state index contributed by atoms with van der Waals surface area (Å²) < 4.78 is 5.31. The van der Waals surface area contributed by atoms with Crippen molar-refractivity contribution in [2.75, 3.05) is 32.8 Å². The maximum Gasteiger partial charge on any atom is 0.240 e. The molecule has 0 radical (unpaired) electrons. The van der Waals surface area contributed by atoms with E-state index in [1.807, 2.05) is 13.8 Å². The number of carbonyl (C=O) groups is 1.